The lowest BCUT2D eigenvalue weighted by Gasteiger charge is -2.44. The number of rotatable bonds is 8. The molecule has 2 aliphatic heterocycles. The van der Waals surface area contributed by atoms with Crippen LogP contribution in [0.2, 0.25) is 10.0 Å². The minimum absolute atomic E-state index is 0.00532. The number of benzene rings is 2. The van der Waals surface area contributed by atoms with Gasteiger partial charge in [0.2, 0.25) is 11.8 Å². The van der Waals surface area contributed by atoms with E-state index in [-0.39, 0.29) is 54.9 Å². The highest BCUT2D eigenvalue weighted by atomic mass is 35.5. The van der Waals surface area contributed by atoms with Crippen LogP contribution < -0.4 is 4.90 Å². The summed E-state index contributed by atoms with van der Waals surface area (Å²) in [5.41, 5.74) is -2.00. The first-order valence-corrected chi connectivity index (χ1v) is 17.1. The smallest absolute Gasteiger partial charge is 0.342 e. The first-order valence-electron chi connectivity index (χ1n) is 16.4. The zero-order valence-corrected chi connectivity index (χ0v) is 29.5. The van der Waals surface area contributed by atoms with E-state index in [1.54, 1.807) is 28.0 Å². The number of nitrogens with zero attached hydrogens (tertiary/aromatic N) is 4. The SMILES string of the molecule is CCC/C=C(/C)CC(=O)N1CCC(C(=O)N2CCN(C(=O)N(C)c3cc(C(F)(F)F)cc(C(F)(F)F)c3)[C@H](Cc3ccc(Cl)c(Cl)c3)C2)CC1. The molecule has 15 heteroatoms. The van der Waals surface area contributed by atoms with Gasteiger partial charge in [0.15, 0.2) is 0 Å². The molecule has 0 aromatic heterocycles. The minimum atomic E-state index is -5.09. The van der Waals surface area contributed by atoms with Crippen LogP contribution in [0.15, 0.2) is 48.0 Å². The average Bonchev–Trinajstić information content (AvgIpc) is 3.07. The topological polar surface area (TPSA) is 64.2 Å². The van der Waals surface area contributed by atoms with Gasteiger partial charge in [0, 0.05) is 57.8 Å². The van der Waals surface area contributed by atoms with E-state index in [1.807, 2.05) is 6.92 Å². The number of carbonyl (C=O) groups is 3. The normalized spacial score (nSPS) is 18.0. The van der Waals surface area contributed by atoms with E-state index in [2.05, 4.69) is 13.0 Å². The van der Waals surface area contributed by atoms with Gasteiger partial charge in [-0.1, -0.05) is 54.3 Å². The van der Waals surface area contributed by atoms with Crippen molar-refractivity contribution >= 4 is 46.7 Å². The van der Waals surface area contributed by atoms with Gasteiger partial charge in [-0.25, -0.2) is 4.79 Å². The third-order valence-corrected chi connectivity index (χ3v) is 9.89. The number of unbranched alkanes of at least 4 members (excludes halogenated alkanes) is 1. The Morgan fingerprint density at radius 3 is 2.06 bits per heavy atom. The molecule has 0 bridgehead atoms. The van der Waals surface area contributed by atoms with E-state index >= 15 is 0 Å². The summed E-state index contributed by atoms with van der Waals surface area (Å²) in [6, 6.07) is 4.34. The number of halogens is 8. The van der Waals surface area contributed by atoms with Crippen LogP contribution in [0.1, 0.15) is 62.6 Å². The van der Waals surface area contributed by atoms with Crippen molar-refractivity contribution < 1.29 is 40.7 Å². The van der Waals surface area contributed by atoms with E-state index in [1.165, 1.54) is 4.90 Å². The number of amides is 4. The lowest BCUT2D eigenvalue weighted by atomic mass is 9.93. The lowest BCUT2D eigenvalue weighted by Crippen LogP contribution is -2.60. The van der Waals surface area contributed by atoms with E-state index in [4.69, 9.17) is 23.2 Å². The molecule has 2 aromatic rings. The number of anilines is 1. The quantitative estimate of drug-likeness (QED) is 0.201. The molecule has 2 fully saturated rings. The number of urea groups is 1. The fraction of sp³-hybridized carbons (Fsp3) is 0.514. The third-order valence-electron chi connectivity index (χ3n) is 9.15. The van der Waals surface area contributed by atoms with Crippen LogP contribution in [0.5, 0.6) is 0 Å². The summed E-state index contributed by atoms with van der Waals surface area (Å²) in [5.74, 6) is -0.470. The van der Waals surface area contributed by atoms with Crippen molar-refractivity contribution in [3.8, 4) is 0 Å². The minimum Gasteiger partial charge on any atom is -0.342 e. The van der Waals surface area contributed by atoms with Crippen molar-refractivity contribution in [2.45, 2.75) is 70.8 Å². The Labute approximate surface area is 297 Å². The molecule has 0 saturated carbocycles. The van der Waals surface area contributed by atoms with Gasteiger partial charge in [0.05, 0.1) is 27.2 Å². The molecule has 4 rings (SSSR count). The number of hydrogen-bond donors (Lipinski definition) is 0. The second-order valence-electron chi connectivity index (χ2n) is 12.9. The molecule has 2 saturated heterocycles. The first-order chi connectivity index (χ1) is 23.4. The summed E-state index contributed by atoms with van der Waals surface area (Å²) in [4.78, 5) is 46.0. The molecule has 7 nitrogen and oxygen atoms in total. The molecule has 274 valence electrons. The molecule has 2 heterocycles. The second kappa shape index (κ2) is 16.3. The van der Waals surface area contributed by atoms with Gasteiger partial charge >= 0.3 is 18.4 Å². The highest BCUT2D eigenvalue weighted by Gasteiger charge is 2.40. The van der Waals surface area contributed by atoms with E-state index in [0.717, 1.165) is 30.4 Å². The lowest BCUT2D eigenvalue weighted by molar-refractivity contribution is -0.143. The number of alkyl halides is 6. The maximum atomic E-state index is 13.9. The molecule has 0 aliphatic carbocycles. The Kier molecular flexibility index (Phi) is 12.8. The van der Waals surface area contributed by atoms with E-state index < -0.39 is 41.2 Å². The summed E-state index contributed by atoms with van der Waals surface area (Å²) in [6.07, 6.45) is -4.77. The summed E-state index contributed by atoms with van der Waals surface area (Å²) < 4.78 is 81.5. The summed E-state index contributed by atoms with van der Waals surface area (Å²) >= 11 is 12.3. The molecule has 1 atom stereocenters. The van der Waals surface area contributed by atoms with E-state index in [0.29, 0.717) is 55.1 Å². The molecular formula is C35H40Cl2F6N4O3. The van der Waals surface area contributed by atoms with Crippen LogP contribution in [0.4, 0.5) is 36.8 Å². The first kappa shape index (κ1) is 39.3. The van der Waals surface area contributed by atoms with Crippen LogP contribution in [-0.2, 0) is 28.4 Å². The Morgan fingerprint density at radius 2 is 1.50 bits per heavy atom. The van der Waals surface area contributed by atoms with Crippen molar-refractivity contribution in [2.24, 2.45) is 5.92 Å². The van der Waals surface area contributed by atoms with Crippen molar-refractivity contribution in [3.63, 3.8) is 0 Å². The number of piperidine rings is 1. The monoisotopic (exact) mass is 748 g/mol. The molecule has 2 aliphatic rings. The molecule has 50 heavy (non-hydrogen) atoms. The third kappa shape index (κ3) is 9.86. The Balaban J connectivity index is 1.53. The largest absolute Gasteiger partial charge is 0.416 e. The highest BCUT2D eigenvalue weighted by molar-refractivity contribution is 6.42. The number of carbonyl (C=O) groups excluding carboxylic acids is 3. The Bertz CT molecular complexity index is 1560. The predicted molar refractivity (Wildman–Crippen MR) is 180 cm³/mol. The fourth-order valence-electron chi connectivity index (χ4n) is 6.30. The second-order valence-corrected chi connectivity index (χ2v) is 13.7. The van der Waals surface area contributed by atoms with Crippen molar-refractivity contribution in [1.82, 2.24) is 14.7 Å². The fourth-order valence-corrected chi connectivity index (χ4v) is 6.62. The van der Waals surface area contributed by atoms with Gasteiger partial charge in [-0.15, -0.1) is 0 Å². The van der Waals surface area contributed by atoms with Gasteiger partial charge < -0.3 is 14.7 Å². The summed E-state index contributed by atoms with van der Waals surface area (Å²) in [6.45, 7) is 5.01. The Hall–Kier alpha value is -3.45. The van der Waals surface area contributed by atoms with Gasteiger partial charge in [0.25, 0.3) is 0 Å². The number of likely N-dealkylation sites (tertiary alicyclic amines) is 1. The highest BCUT2D eigenvalue weighted by Crippen LogP contribution is 2.39. The van der Waals surface area contributed by atoms with Crippen LogP contribution in [-0.4, -0.2) is 78.4 Å². The molecule has 2 aromatic carbocycles. The number of allylic oxidation sites excluding steroid dienone is 1. The maximum Gasteiger partial charge on any atom is 0.416 e. The molecule has 0 N–H and O–H groups in total. The predicted octanol–water partition coefficient (Wildman–Crippen LogP) is 8.72. The molecule has 0 spiro atoms. The Morgan fingerprint density at radius 1 is 0.880 bits per heavy atom. The van der Waals surface area contributed by atoms with Crippen LogP contribution in [0.3, 0.4) is 0 Å². The van der Waals surface area contributed by atoms with Crippen LogP contribution in [0.25, 0.3) is 0 Å². The van der Waals surface area contributed by atoms with Crippen LogP contribution in [0, 0.1) is 5.92 Å². The van der Waals surface area contributed by atoms with Crippen molar-refractivity contribution in [1.29, 1.82) is 0 Å². The standard InChI is InChI=1S/C35H40Cl2F6N4O3/c1-4-5-6-22(2)15-31(48)45-11-9-24(10-12-45)32(49)46-13-14-47(28(21-46)16-23-7-8-29(36)30(37)17-23)33(50)44(3)27-19-25(34(38,39)40)18-26(20-27)35(41,42)43/h6-8,17-20,24,28H,4-5,9-16,21H2,1-3H3/b22-6-/t28-/m1/s1. The van der Waals surface area contributed by atoms with Crippen LogP contribution >= 0.6 is 23.2 Å². The summed E-state index contributed by atoms with van der Waals surface area (Å²) in [5, 5.41) is 0.550. The zero-order valence-electron chi connectivity index (χ0n) is 28.0. The average molecular weight is 750 g/mol. The van der Waals surface area contributed by atoms with Gasteiger partial charge in [0.1, 0.15) is 0 Å². The van der Waals surface area contributed by atoms with Gasteiger partial charge in [-0.05, 0) is 68.5 Å². The van der Waals surface area contributed by atoms with Gasteiger partial charge in [-0.2, -0.15) is 26.3 Å². The van der Waals surface area contributed by atoms with Crippen molar-refractivity contribution in [2.75, 3.05) is 44.7 Å². The molecular weight excluding hydrogens is 709 g/mol. The molecule has 0 radical (unpaired) electrons. The zero-order chi connectivity index (χ0) is 37.0. The molecule has 4 amide bonds. The number of piperazine rings is 1. The summed E-state index contributed by atoms with van der Waals surface area (Å²) in [7, 11) is 1.11. The number of hydrogen-bond acceptors (Lipinski definition) is 3. The maximum absolute atomic E-state index is 13.9. The van der Waals surface area contributed by atoms with E-state index in [9.17, 15) is 40.7 Å². The molecule has 0 unspecified atom stereocenters. The van der Waals surface area contributed by atoms with Crippen molar-refractivity contribution in [3.05, 3.63) is 74.8 Å². The van der Waals surface area contributed by atoms with Gasteiger partial charge in [-0.3, -0.25) is 14.5 Å².